The van der Waals surface area contributed by atoms with Crippen molar-refractivity contribution in [2.24, 2.45) is 0 Å². The molecule has 2 aromatic carbocycles. The fourth-order valence-corrected chi connectivity index (χ4v) is 4.28. The monoisotopic (exact) mass is 348 g/mol. The van der Waals surface area contributed by atoms with Gasteiger partial charge in [-0.15, -0.1) is 0 Å². The van der Waals surface area contributed by atoms with Crippen LogP contribution in [0, 0.1) is 0 Å². The topological polar surface area (TPSA) is 41.6 Å². The maximum atomic E-state index is 12.4. The fraction of sp³-hybridized carbons (Fsp3) is 0.318. The van der Waals surface area contributed by atoms with E-state index in [2.05, 4.69) is 60.5 Å². The Kier molecular flexibility index (Phi) is 3.79. The standard InChI is InChI=1S/C22H24N2O2/c1-21(2)18-9-4-5-10-19(18)24-14-12-20(25)23-22(21,24)13-11-16-7-6-8-17(15-16)26-3/h4-11,13,15H,12,14H2,1-3H3,(H,23,25)/b13-11+. The maximum Gasteiger partial charge on any atom is 0.223 e. The number of rotatable bonds is 3. The molecule has 0 radical (unpaired) electrons. The number of anilines is 1. The highest BCUT2D eigenvalue weighted by molar-refractivity contribution is 5.84. The van der Waals surface area contributed by atoms with E-state index in [0.29, 0.717) is 13.0 Å². The van der Waals surface area contributed by atoms with Gasteiger partial charge in [-0.2, -0.15) is 0 Å². The van der Waals surface area contributed by atoms with Crippen LogP contribution < -0.4 is 15.0 Å². The first-order valence-corrected chi connectivity index (χ1v) is 8.99. The molecule has 4 heteroatoms. The zero-order valence-corrected chi connectivity index (χ0v) is 15.5. The van der Waals surface area contributed by atoms with Crippen molar-refractivity contribution in [3.63, 3.8) is 0 Å². The second-order valence-electron chi connectivity index (χ2n) is 7.47. The van der Waals surface area contributed by atoms with Crippen LogP contribution in [-0.2, 0) is 10.2 Å². The summed E-state index contributed by atoms with van der Waals surface area (Å²) in [5.74, 6) is 0.917. The highest BCUT2D eigenvalue weighted by atomic mass is 16.5. The van der Waals surface area contributed by atoms with Gasteiger partial charge in [0, 0.05) is 24.1 Å². The lowest BCUT2D eigenvalue weighted by Crippen LogP contribution is -2.68. The Balaban J connectivity index is 1.82. The molecule has 1 atom stereocenters. The molecule has 2 heterocycles. The van der Waals surface area contributed by atoms with Gasteiger partial charge in [0.2, 0.25) is 5.91 Å². The number of nitrogens with zero attached hydrogens (tertiary/aromatic N) is 1. The number of carbonyl (C=O) groups is 1. The molecule has 1 amide bonds. The van der Waals surface area contributed by atoms with E-state index in [4.69, 9.17) is 4.74 Å². The van der Waals surface area contributed by atoms with E-state index in [1.54, 1.807) is 7.11 Å². The molecule has 2 aromatic rings. The summed E-state index contributed by atoms with van der Waals surface area (Å²) in [7, 11) is 1.67. The summed E-state index contributed by atoms with van der Waals surface area (Å²) >= 11 is 0. The molecular formula is C22H24N2O2. The van der Waals surface area contributed by atoms with Gasteiger partial charge in [0.1, 0.15) is 11.4 Å². The predicted octanol–water partition coefficient (Wildman–Crippen LogP) is 3.72. The van der Waals surface area contributed by atoms with Gasteiger partial charge in [0.15, 0.2) is 0 Å². The predicted molar refractivity (Wildman–Crippen MR) is 104 cm³/mol. The average Bonchev–Trinajstić information content (AvgIpc) is 2.85. The highest BCUT2D eigenvalue weighted by Crippen LogP contribution is 2.52. The summed E-state index contributed by atoms with van der Waals surface area (Å²) in [6, 6.07) is 16.4. The molecular weight excluding hydrogens is 324 g/mol. The number of benzene rings is 2. The third-order valence-electron chi connectivity index (χ3n) is 5.75. The molecule has 1 N–H and O–H groups in total. The first-order chi connectivity index (χ1) is 12.5. The van der Waals surface area contributed by atoms with Crippen LogP contribution in [0.25, 0.3) is 6.08 Å². The molecule has 4 nitrogen and oxygen atoms in total. The Morgan fingerprint density at radius 1 is 1.15 bits per heavy atom. The van der Waals surface area contributed by atoms with Gasteiger partial charge in [-0.3, -0.25) is 4.79 Å². The van der Waals surface area contributed by atoms with Crippen LogP contribution >= 0.6 is 0 Å². The first kappa shape index (κ1) is 16.7. The van der Waals surface area contributed by atoms with Crippen molar-refractivity contribution >= 4 is 17.7 Å². The third kappa shape index (κ3) is 2.32. The zero-order chi connectivity index (χ0) is 18.4. The van der Waals surface area contributed by atoms with Crippen molar-refractivity contribution in [1.82, 2.24) is 5.32 Å². The maximum absolute atomic E-state index is 12.4. The highest BCUT2D eigenvalue weighted by Gasteiger charge is 2.57. The number of fused-ring (bicyclic) bond motifs is 3. The number of ether oxygens (including phenoxy) is 1. The smallest absolute Gasteiger partial charge is 0.223 e. The van der Waals surface area contributed by atoms with Crippen LogP contribution in [0.15, 0.2) is 54.6 Å². The molecule has 0 spiro atoms. The minimum Gasteiger partial charge on any atom is -0.497 e. The van der Waals surface area contributed by atoms with Crippen molar-refractivity contribution in [3.8, 4) is 5.75 Å². The molecule has 1 fully saturated rings. The van der Waals surface area contributed by atoms with Crippen molar-refractivity contribution in [2.75, 3.05) is 18.6 Å². The van der Waals surface area contributed by atoms with E-state index in [1.807, 2.05) is 24.3 Å². The number of amides is 1. The molecule has 134 valence electrons. The van der Waals surface area contributed by atoms with E-state index in [1.165, 1.54) is 11.3 Å². The lowest BCUT2D eigenvalue weighted by atomic mass is 9.74. The van der Waals surface area contributed by atoms with Gasteiger partial charge in [-0.25, -0.2) is 0 Å². The Labute approximate surface area is 154 Å². The minimum absolute atomic E-state index is 0.0948. The van der Waals surface area contributed by atoms with E-state index in [0.717, 1.165) is 11.3 Å². The van der Waals surface area contributed by atoms with Crippen molar-refractivity contribution < 1.29 is 9.53 Å². The fourth-order valence-electron chi connectivity index (χ4n) is 4.28. The lowest BCUT2D eigenvalue weighted by molar-refractivity contribution is -0.124. The van der Waals surface area contributed by atoms with Crippen LogP contribution in [0.1, 0.15) is 31.4 Å². The number of hydrogen-bond donors (Lipinski definition) is 1. The van der Waals surface area contributed by atoms with Gasteiger partial charge in [-0.1, -0.05) is 50.3 Å². The number of nitrogens with one attached hydrogen (secondary N) is 1. The number of para-hydroxylation sites is 1. The second kappa shape index (κ2) is 5.90. The molecule has 1 saturated heterocycles. The van der Waals surface area contributed by atoms with Crippen molar-refractivity contribution in [2.45, 2.75) is 31.3 Å². The van der Waals surface area contributed by atoms with E-state index >= 15 is 0 Å². The van der Waals surface area contributed by atoms with Crippen LogP contribution in [0.4, 0.5) is 5.69 Å². The summed E-state index contributed by atoms with van der Waals surface area (Å²) in [4.78, 5) is 14.7. The van der Waals surface area contributed by atoms with E-state index in [9.17, 15) is 4.79 Å². The van der Waals surface area contributed by atoms with E-state index in [-0.39, 0.29) is 11.3 Å². The van der Waals surface area contributed by atoms with Crippen LogP contribution in [0.3, 0.4) is 0 Å². The van der Waals surface area contributed by atoms with Gasteiger partial charge < -0.3 is 15.0 Å². The molecule has 0 saturated carbocycles. The van der Waals surface area contributed by atoms with Gasteiger partial charge >= 0.3 is 0 Å². The summed E-state index contributed by atoms with van der Waals surface area (Å²) in [6.45, 7) is 5.12. The van der Waals surface area contributed by atoms with Crippen LogP contribution in [-0.4, -0.2) is 25.2 Å². The Bertz CT molecular complexity index is 887. The van der Waals surface area contributed by atoms with Crippen LogP contribution in [0.2, 0.25) is 0 Å². The SMILES string of the molecule is COc1cccc(/C=C/C23NC(=O)CCN2c2ccccc2C3(C)C)c1. The summed E-state index contributed by atoms with van der Waals surface area (Å²) in [5.41, 5.74) is 2.68. The number of carbonyl (C=O) groups excluding carboxylic acids is 1. The Hall–Kier alpha value is -2.75. The number of hydrogen-bond acceptors (Lipinski definition) is 3. The lowest BCUT2D eigenvalue weighted by Gasteiger charge is -2.49. The Morgan fingerprint density at radius 2 is 1.96 bits per heavy atom. The third-order valence-corrected chi connectivity index (χ3v) is 5.75. The largest absolute Gasteiger partial charge is 0.497 e. The molecule has 2 aliphatic heterocycles. The normalized spacial score (nSPS) is 23.5. The van der Waals surface area contributed by atoms with Gasteiger partial charge in [0.25, 0.3) is 0 Å². The van der Waals surface area contributed by atoms with Gasteiger partial charge in [0.05, 0.1) is 7.11 Å². The van der Waals surface area contributed by atoms with Crippen molar-refractivity contribution in [3.05, 3.63) is 65.7 Å². The van der Waals surface area contributed by atoms with Crippen LogP contribution in [0.5, 0.6) is 5.75 Å². The summed E-state index contributed by atoms with van der Waals surface area (Å²) < 4.78 is 5.33. The molecule has 0 bridgehead atoms. The average molecular weight is 348 g/mol. The molecule has 0 aromatic heterocycles. The van der Waals surface area contributed by atoms with Crippen molar-refractivity contribution in [1.29, 1.82) is 0 Å². The summed E-state index contributed by atoms with van der Waals surface area (Å²) in [6.07, 6.45) is 4.73. The zero-order valence-electron chi connectivity index (χ0n) is 15.5. The molecule has 4 rings (SSSR count). The van der Waals surface area contributed by atoms with E-state index < -0.39 is 5.66 Å². The Morgan fingerprint density at radius 3 is 2.77 bits per heavy atom. The molecule has 0 aliphatic carbocycles. The molecule has 2 aliphatic rings. The molecule has 26 heavy (non-hydrogen) atoms. The van der Waals surface area contributed by atoms with Gasteiger partial charge in [-0.05, 0) is 35.4 Å². The first-order valence-electron chi connectivity index (χ1n) is 8.99. The quantitative estimate of drug-likeness (QED) is 0.919. The number of methoxy groups -OCH3 is 1. The summed E-state index contributed by atoms with van der Waals surface area (Å²) in [5, 5.41) is 3.30. The molecule has 1 unspecified atom stereocenters. The minimum atomic E-state index is -0.574. The second-order valence-corrected chi connectivity index (χ2v) is 7.47.